The zero-order chi connectivity index (χ0) is 15.8. The first-order chi connectivity index (χ1) is 11.2. The van der Waals surface area contributed by atoms with E-state index in [1.54, 1.807) is 0 Å². The van der Waals surface area contributed by atoms with Crippen molar-refractivity contribution in [2.24, 2.45) is 0 Å². The van der Waals surface area contributed by atoms with Gasteiger partial charge in [-0.2, -0.15) is 0 Å². The maximum atomic E-state index is 10.9. The maximum absolute atomic E-state index is 10.9. The van der Waals surface area contributed by atoms with Crippen molar-refractivity contribution < 1.29 is 14.6 Å². The van der Waals surface area contributed by atoms with E-state index in [4.69, 9.17) is 9.84 Å². The Balaban J connectivity index is 1.76. The van der Waals surface area contributed by atoms with Gasteiger partial charge >= 0.3 is 6.09 Å². The third-order valence-electron chi connectivity index (χ3n) is 4.25. The quantitative estimate of drug-likeness (QED) is 0.671. The van der Waals surface area contributed by atoms with Gasteiger partial charge < -0.3 is 20.1 Å². The SMILES string of the molecule is O=C(O)NC1CCOc2cc(-c3c[nH]c4ccccc34)ccc21. The third kappa shape index (κ3) is 2.40. The summed E-state index contributed by atoms with van der Waals surface area (Å²) in [6.45, 7) is 0.509. The molecule has 5 nitrogen and oxygen atoms in total. The lowest BCUT2D eigenvalue weighted by atomic mass is 9.96. The average Bonchev–Trinajstić information content (AvgIpc) is 2.98. The molecule has 1 unspecified atom stereocenters. The number of amides is 1. The summed E-state index contributed by atoms with van der Waals surface area (Å²) in [5.41, 5.74) is 4.14. The largest absolute Gasteiger partial charge is 0.493 e. The second-order valence-electron chi connectivity index (χ2n) is 5.64. The van der Waals surface area contributed by atoms with Gasteiger partial charge in [-0.3, -0.25) is 0 Å². The Morgan fingerprint density at radius 1 is 1.26 bits per heavy atom. The Labute approximate surface area is 132 Å². The molecule has 3 aromatic rings. The lowest BCUT2D eigenvalue weighted by molar-refractivity contribution is 0.182. The molecule has 1 amide bonds. The van der Waals surface area contributed by atoms with Crippen LogP contribution in [-0.4, -0.2) is 22.8 Å². The summed E-state index contributed by atoms with van der Waals surface area (Å²) < 4.78 is 5.74. The van der Waals surface area contributed by atoms with Crippen molar-refractivity contribution in [3.63, 3.8) is 0 Å². The number of aromatic amines is 1. The van der Waals surface area contributed by atoms with E-state index in [1.165, 1.54) is 0 Å². The monoisotopic (exact) mass is 308 g/mol. The minimum atomic E-state index is -1.01. The van der Waals surface area contributed by atoms with Crippen LogP contribution in [-0.2, 0) is 0 Å². The van der Waals surface area contributed by atoms with Crippen LogP contribution in [0, 0.1) is 0 Å². The molecular formula is C18H16N2O3. The van der Waals surface area contributed by atoms with Crippen LogP contribution in [0.4, 0.5) is 4.79 Å². The number of fused-ring (bicyclic) bond motifs is 2. The normalized spacial score (nSPS) is 16.6. The molecule has 3 N–H and O–H groups in total. The van der Waals surface area contributed by atoms with E-state index >= 15 is 0 Å². The molecule has 5 heteroatoms. The van der Waals surface area contributed by atoms with Gasteiger partial charge in [0.25, 0.3) is 0 Å². The van der Waals surface area contributed by atoms with Crippen molar-refractivity contribution in [1.82, 2.24) is 10.3 Å². The Kier molecular flexibility index (Phi) is 3.19. The first-order valence-corrected chi connectivity index (χ1v) is 7.55. The van der Waals surface area contributed by atoms with Crippen LogP contribution in [0.1, 0.15) is 18.0 Å². The van der Waals surface area contributed by atoms with E-state index in [0.717, 1.165) is 33.3 Å². The molecule has 1 atom stereocenters. The Bertz CT molecular complexity index is 885. The fourth-order valence-corrected chi connectivity index (χ4v) is 3.17. The van der Waals surface area contributed by atoms with Gasteiger partial charge in [-0.1, -0.05) is 30.3 Å². The van der Waals surface area contributed by atoms with E-state index in [9.17, 15) is 4.79 Å². The molecule has 0 fully saturated rings. The van der Waals surface area contributed by atoms with E-state index in [-0.39, 0.29) is 6.04 Å². The van der Waals surface area contributed by atoms with Gasteiger partial charge in [-0.15, -0.1) is 0 Å². The molecule has 0 saturated carbocycles. The fraction of sp³-hybridized carbons (Fsp3) is 0.167. The van der Waals surface area contributed by atoms with Gasteiger partial charge in [0.1, 0.15) is 5.75 Å². The summed E-state index contributed by atoms with van der Waals surface area (Å²) in [5, 5.41) is 12.7. The molecule has 1 aliphatic rings. The van der Waals surface area contributed by atoms with E-state index in [2.05, 4.69) is 16.4 Å². The van der Waals surface area contributed by atoms with Gasteiger partial charge in [0.2, 0.25) is 0 Å². The predicted octanol–water partition coefficient (Wildman–Crippen LogP) is 3.93. The molecule has 1 aromatic heterocycles. The smallest absolute Gasteiger partial charge is 0.405 e. The van der Waals surface area contributed by atoms with Crippen LogP contribution in [0.15, 0.2) is 48.7 Å². The Hall–Kier alpha value is -2.95. The van der Waals surface area contributed by atoms with Gasteiger partial charge in [-0.05, 0) is 17.7 Å². The van der Waals surface area contributed by atoms with Crippen molar-refractivity contribution >= 4 is 17.0 Å². The molecule has 1 aliphatic heterocycles. The van der Waals surface area contributed by atoms with Gasteiger partial charge in [0.05, 0.1) is 12.6 Å². The van der Waals surface area contributed by atoms with Crippen molar-refractivity contribution in [1.29, 1.82) is 0 Å². The third-order valence-corrected chi connectivity index (χ3v) is 4.25. The van der Waals surface area contributed by atoms with Crippen molar-refractivity contribution in [2.75, 3.05) is 6.61 Å². The molecule has 4 rings (SSSR count). The van der Waals surface area contributed by atoms with Gasteiger partial charge in [0, 0.05) is 34.6 Å². The summed E-state index contributed by atoms with van der Waals surface area (Å²) in [4.78, 5) is 14.2. The topological polar surface area (TPSA) is 74.3 Å². The number of nitrogens with one attached hydrogen (secondary N) is 2. The minimum absolute atomic E-state index is 0.215. The Morgan fingerprint density at radius 3 is 3.00 bits per heavy atom. The molecule has 23 heavy (non-hydrogen) atoms. The molecule has 116 valence electrons. The number of carbonyl (C=O) groups is 1. The molecule has 0 saturated heterocycles. The zero-order valence-electron chi connectivity index (χ0n) is 12.4. The van der Waals surface area contributed by atoms with Crippen molar-refractivity contribution in [3.05, 3.63) is 54.2 Å². The summed E-state index contributed by atoms with van der Waals surface area (Å²) in [6.07, 6.45) is 1.62. The van der Waals surface area contributed by atoms with Crippen LogP contribution in [0.25, 0.3) is 22.0 Å². The number of carboxylic acid groups (broad SMARTS) is 1. The average molecular weight is 308 g/mol. The molecule has 2 heterocycles. The molecule has 0 aliphatic carbocycles. The van der Waals surface area contributed by atoms with Crippen molar-refractivity contribution in [3.8, 4) is 16.9 Å². The van der Waals surface area contributed by atoms with E-state index < -0.39 is 6.09 Å². The summed E-state index contributed by atoms with van der Waals surface area (Å²) in [6, 6.07) is 13.9. The highest BCUT2D eigenvalue weighted by molar-refractivity contribution is 5.95. The number of hydrogen-bond donors (Lipinski definition) is 3. The minimum Gasteiger partial charge on any atom is -0.493 e. The second kappa shape index (κ2) is 5.35. The number of benzene rings is 2. The predicted molar refractivity (Wildman–Crippen MR) is 87.7 cm³/mol. The number of hydrogen-bond acceptors (Lipinski definition) is 2. The van der Waals surface area contributed by atoms with Gasteiger partial charge in [0.15, 0.2) is 0 Å². The van der Waals surface area contributed by atoms with Crippen molar-refractivity contribution in [2.45, 2.75) is 12.5 Å². The van der Waals surface area contributed by atoms with Crippen LogP contribution >= 0.6 is 0 Å². The number of aromatic nitrogens is 1. The van der Waals surface area contributed by atoms with E-state index in [0.29, 0.717) is 13.0 Å². The molecule has 0 bridgehead atoms. The highest BCUT2D eigenvalue weighted by Gasteiger charge is 2.23. The first-order valence-electron chi connectivity index (χ1n) is 7.55. The summed E-state index contributed by atoms with van der Waals surface area (Å²) in [5.74, 6) is 0.748. The fourth-order valence-electron chi connectivity index (χ4n) is 3.17. The lowest BCUT2D eigenvalue weighted by Gasteiger charge is -2.26. The number of ether oxygens (including phenoxy) is 1. The molecular weight excluding hydrogens is 292 g/mol. The summed E-state index contributed by atoms with van der Waals surface area (Å²) in [7, 11) is 0. The van der Waals surface area contributed by atoms with Crippen LogP contribution in [0.5, 0.6) is 5.75 Å². The standard InChI is InChI=1S/C18H16N2O3/c21-18(22)20-16-7-8-23-17-9-11(5-6-13(16)17)14-10-19-15-4-2-1-3-12(14)15/h1-6,9-10,16,19-20H,7-8H2,(H,21,22). The second-order valence-corrected chi connectivity index (χ2v) is 5.64. The maximum Gasteiger partial charge on any atom is 0.405 e. The molecule has 0 spiro atoms. The number of H-pyrrole nitrogens is 1. The zero-order valence-corrected chi connectivity index (χ0v) is 12.4. The van der Waals surface area contributed by atoms with Crippen LogP contribution < -0.4 is 10.1 Å². The first kappa shape index (κ1) is 13.7. The highest BCUT2D eigenvalue weighted by atomic mass is 16.5. The number of rotatable bonds is 2. The van der Waals surface area contributed by atoms with Crippen LogP contribution in [0.2, 0.25) is 0 Å². The van der Waals surface area contributed by atoms with Gasteiger partial charge in [-0.25, -0.2) is 4.79 Å². The van der Waals surface area contributed by atoms with Crippen LogP contribution in [0.3, 0.4) is 0 Å². The molecule has 2 aromatic carbocycles. The highest BCUT2D eigenvalue weighted by Crippen LogP contribution is 2.37. The lowest BCUT2D eigenvalue weighted by Crippen LogP contribution is -2.30. The Morgan fingerprint density at radius 2 is 2.13 bits per heavy atom. The van der Waals surface area contributed by atoms with E-state index in [1.807, 2.05) is 42.6 Å². The number of para-hydroxylation sites is 1. The molecule has 0 radical (unpaired) electrons. The summed E-state index contributed by atoms with van der Waals surface area (Å²) >= 11 is 0.